The molecule has 0 saturated carbocycles. The number of hydrogen-bond donors (Lipinski definition) is 0. The van der Waals surface area contributed by atoms with Crippen LogP contribution >= 0.6 is 0 Å². The van der Waals surface area contributed by atoms with Crippen LogP contribution in [0.15, 0.2) is 32.3 Å². The summed E-state index contributed by atoms with van der Waals surface area (Å²) in [6.45, 7) is 6.42. The second-order valence-electron chi connectivity index (χ2n) is 6.27. The summed E-state index contributed by atoms with van der Waals surface area (Å²) in [5.74, 6) is -0.256. The molecule has 1 aliphatic rings. The first-order valence-electron chi connectivity index (χ1n) is 8.68. The molecular weight excluding hydrogens is 344 g/mol. The van der Waals surface area contributed by atoms with Crippen LogP contribution in [0.3, 0.4) is 0 Å². The van der Waals surface area contributed by atoms with E-state index in [1.165, 1.54) is 14.9 Å². The number of oxazole rings is 1. The lowest BCUT2D eigenvalue weighted by Gasteiger charge is -2.31. The lowest BCUT2D eigenvalue weighted by atomic mass is 10.0. The zero-order chi connectivity index (χ0) is 18.0. The predicted octanol–water partition coefficient (Wildman–Crippen LogP) is 2.05. The maximum atomic E-state index is 13.0. The van der Waals surface area contributed by atoms with Gasteiger partial charge in [-0.2, -0.15) is 4.31 Å². The van der Waals surface area contributed by atoms with Crippen LogP contribution in [-0.4, -0.2) is 43.6 Å². The fourth-order valence-corrected chi connectivity index (χ4v) is 4.89. The number of aromatic nitrogens is 1. The van der Waals surface area contributed by atoms with Crippen LogP contribution in [0.1, 0.15) is 26.7 Å². The quantitative estimate of drug-likeness (QED) is 0.779. The van der Waals surface area contributed by atoms with Gasteiger partial charge in [-0.3, -0.25) is 4.57 Å². The van der Waals surface area contributed by atoms with Crippen molar-refractivity contribution >= 4 is 21.1 Å². The van der Waals surface area contributed by atoms with Crippen LogP contribution < -0.4 is 5.76 Å². The Kier molecular flexibility index (Phi) is 5.31. The molecule has 0 radical (unpaired) electrons. The van der Waals surface area contributed by atoms with Gasteiger partial charge in [0.2, 0.25) is 10.0 Å². The molecule has 1 atom stereocenters. The Morgan fingerprint density at radius 1 is 1.32 bits per heavy atom. The van der Waals surface area contributed by atoms with Crippen molar-refractivity contribution < 1.29 is 17.6 Å². The average molecular weight is 368 g/mol. The number of ether oxygens (including phenoxy) is 1. The first-order chi connectivity index (χ1) is 12.0. The van der Waals surface area contributed by atoms with Gasteiger partial charge in [0, 0.05) is 32.3 Å². The Morgan fingerprint density at radius 2 is 2.12 bits per heavy atom. The third-order valence-electron chi connectivity index (χ3n) is 4.63. The first kappa shape index (κ1) is 18.2. The van der Waals surface area contributed by atoms with E-state index in [4.69, 9.17) is 9.15 Å². The molecule has 2 aromatic rings. The van der Waals surface area contributed by atoms with Gasteiger partial charge < -0.3 is 9.15 Å². The normalized spacial score (nSPS) is 19.5. The van der Waals surface area contributed by atoms with E-state index in [1.54, 1.807) is 12.1 Å². The third-order valence-corrected chi connectivity index (χ3v) is 6.49. The summed E-state index contributed by atoms with van der Waals surface area (Å²) in [6.07, 6.45) is 1.79. The van der Waals surface area contributed by atoms with Crippen LogP contribution in [0.2, 0.25) is 0 Å². The van der Waals surface area contributed by atoms with E-state index in [9.17, 15) is 13.2 Å². The summed E-state index contributed by atoms with van der Waals surface area (Å²) in [6, 6.07) is 4.63. The molecule has 0 amide bonds. The highest BCUT2D eigenvalue weighted by Gasteiger charge is 2.30. The molecular formula is C17H24N2O5S. The van der Waals surface area contributed by atoms with Crippen molar-refractivity contribution in [3.05, 3.63) is 28.7 Å². The standard InChI is InChI=1S/C17H24N2O5S/c1-3-19-15-8-7-14(10-16(15)24-17(19)20)25(21,22)18-9-5-6-13(11-18)12-23-4-2/h7-8,10,13H,3-6,9,11-12H2,1-2H3. The van der Waals surface area contributed by atoms with Crippen molar-refractivity contribution in [3.63, 3.8) is 0 Å². The molecule has 1 saturated heterocycles. The monoisotopic (exact) mass is 368 g/mol. The molecule has 1 fully saturated rings. The highest BCUT2D eigenvalue weighted by molar-refractivity contribution is 7.89. The number of aryl methyl sites for hydroxylation is 1. The molecule has 1 aromatic carbocycles. The summed E-state index contributed by atoms with van der Waals surface area (Å²) in [5.41, 5.74) is 0.912. The minimum Gasteiger partial charge on any atom is -0.408 e. The molecule has 0 N–H and O–H groups in total. The van der Waals surface area contributed by atoms with Gasteiger partial charge in [0.25, 0.3) is 0 Å². The SMILES string of the molecule is CCOCC1CCCN(S(=O)(=O)c2ccc3c(c2)oc(=O)n3CC)C1. The van der Waals surface area contributed by atoms with E-state index in [0.717, 1.165) is 12.8 Å². The molecule has 1 unspecified atom stereocenters. The Bertz CT molecular complexity index is 899. The predicted molar refractivity (Wildman–Crippen MR) is 94.1 cm³/mol. The van der Waals surface area contributed by atoms with E-state index in [1.807, 2.05) is 13.8 Å². The van der Waals surface area contributed by atoms with Gasteiger partial charge in [-0.25, -0.2) is 13.2 Å². The molecule has 8 heteroatoms. The van der Waals surface area contributed by atoms with Gasteiger partial charge in [0.05, 0.1) is 17.0 Å². The van der Waals surface area contributed by atoms with Crippen LogP contribution in [0, 0.1) is 5.92 Å². The zero-order valence-corrected chi connectivity index (χ0v) is 15.4. The third kappa shape index (κ3) is 3.51. The molecule has 1 aromatic heterocycles. The number of fused-ring (bicyclic) bond motifs is 1. The zero-order valence-electron chi connectivity index (χ0n) is 14.6. The Morgan fingerprint density at radius 3 is 2.84 bits per heavy atom. The number of piperidine rings is 1. The van der Waals surface area contributed by atoms with E-state index in [-0.39, 0.29) is 10.8 Å². The summed E-state index contributed by atoms with van der Waals surface area (Å²) in [5, 5.41) is 0. The van der Waals surface area contributed by atoms with E-state index < -0.39 is 15.8 Å². The molecule has 0 spiro atoms. The Labute approximate surface area is 147 Å². The van der Waals surface area contributed by atoms with Crippen molar-refractivity contribution in [3.8, 4) is 0 Å². The van der Waals surface area contributed by atoms with Gasteiger partial charge in [0.15, 0.2) is 5.58 Å². The summed E-state index contributed by atoms with van der Waals surface area (Å²) >= 11 is 0. The van der Waals surface area contributed by atoms with Crippen molar-refractivity contribution in [1.29, 1.82) is 0 Å². The number of rotatable bonds is 6. The van der Waals surface area contributed by atoms with Crippen molar-refractivity contribution in [2.75, 3.05) is 26.3 Å². The summed E-state index contributed by atoms with van der Waals surface area (Å²) in [4.78, 5) is 12.0. The van der Waals surface area contributed by atoms with E-state index >= 15 is 0 Å². The smallest absolute Gasteiger partial charge is 0.408 e. The Hall–Kier alpha value is -1.64. The molecule has 0 bridgehead atoms. The molecule has 0 aliphatic carbocycles. The molecule has 2 heterocycles. The van der Waals surface area contributed by atoms with Crippen LogP contribution in [-0.2, 0) is 21.3 Å². The maximum absolute atomic E-state index is 13.0. The van der Waals surface area contributed by atoms with Crippen LogP contribution in [0.5, 0.6) is 0 Å². The van der Waals surface area contributed by atoms with Gasteiger partial charge in [-0.05, 0) is 44.7 Å². The Balaban J connectivity index is 1.89. The number of benzene rings is 1. The second-order valence-corrected chi connectivity index (χ2v) is 8.21. The minimum atomic E-state index is -3.62. The van der Waals surface area contributed by atoms with Crippen molar-refractivity contribution in [2.45, 2.75) is 38.1 Å². The number of nitrogens with zero attached hydrogens (tertiary/aromatic N) is 2. The fourth-order valence-electron chi connectivity index (χ4n) is 3.32. The lowest BCUT2D eigenvalue weighted by molar-refractivity contribution is 0.0864. The van der Waals surface area contributed by atoms with E-state index in [2.05, 4.69) is 0 Å². The van der Waals surface area contributed by atoms with Gasteiger partial charge in [-0.1, -0.05) is 0 Å². The number of sulfonamides is 1. The highest BCUT2D eigenvalue weighted by Crippen LogP contribution is 2.26. The first-order valence-corrected chi connectivity index (χ1v) is 10.1. The summed E-state index contributed by atoms with van der Waals surface area (Å²) in [7, 11) is -3.62. The summed E-state index contributed by atoms with van der Waals surface area (Å²) < 4.78 is 39.6. The molecule has 7 nitrogen and oxygen atoms in total. The van der Waals surface area contributed by atoms with E-state index in [0.29, 0.717) is 43.9 Å². The maximum Gasteiger partial charge on any atom is 0.419 e. The molecule has 1 aliphatic heterocycles. The molecule has 25 heavy (non-hydrogen) atoms. The van der Waals surface area contributed by atoms with Crippen molar-refractivity contribution in [2.24, 2.45) is 5.92 Å². The fraction of sp³-hybridized carbons (Fsp3) is 0.588. The largest absolute Gasteiger partial charge is 0.419 e. The topological polar surface area (TPSA) is 81.8 Å². The molecule has 138 valence electrons. The molecule has 3 rings (SSSR count). The van der Waals surface area contributed by atoms with Gasteiger partial charge in [-0.15, -0.1) is 0 Å². The average Bonchev–Trinajstić information content (AvgIpc) is 2.94. The lowest BCUT2D eigenvalue weighted by Crippen LogP contribution is -2.41. The highest BCUT2D eigenvalue weighted by atomic mass is 32.2. The minimum absolute atomic E-state index is 0.161. The van der Waals surface area contributed by atoms with Crippen LogP contribution in [0.4, 0.5) is 0 Å². The second kappa shape index (κ2) is 7.31. The number of hydrogen-bond acceptors (Lipinski definition) is 5. The van der Waals surface area contributed by atoms with Crippen molar-refractivity contribution in [1.82, 2.24) is 8.87 Å². The van der Waals surface area contributed by atoms with Gasteiger partial charge in [0.1, 0.15) is 0 Å². The van der Waals surface area contributed by atoms with Crippen LogP contribution in [0.25, 0.3) is 11.1 Å². The van der Waals surface area contributed by atoms with Gasteiger partial charge >= 0.3 is 5.76 Å².